The van der Waals surface area contributed by atoms with Gasteiger partial charge in [-0.3, -0.25) is 4.98 Å². The van der Waals surface area contributed by atoms with Crippen LogP contribution in [0.4, 0.5) is 4.39 Å². The molecule has 3 heterocycles. The maximum absolute atomic E-state index is 14.5. The van der Waals surface area contributed by atoms with E-state index >= 15 is 0 Å². The second-order valence-corrected chi connectivity index (χ2v) is 9.10. The van der Waals surface area contributed by atoms with E-state index in [1.165, 1.54) is 22.9 Å². The second kappa shape index (κ2) is 8.02. The molecule has 0 aliphatic heterocycles. The Hall–Kier alpha value is -4.25. The van der Waals surface area contributed by atoms with Crippen LogP contribution >= 0.6 is 0 Å². The van der Waals surface area contributed by atoms with Crippen molar-refractivity contribution in [1.29, 1.82) is 0 Å². The lowest BCUT2D eigenvalue weighted by Gasteiger charge is -2.07. The maximum atomic E-state index is 14.5. The number of aromatic nitrogens is 6. The molecule has 2 aromatic carbocycles. The minimum absolute atomic E-state index is 0.0259. The molecular formula is C22H15FN6O3S. The predicted octanol–water partition coefficient (Wildman–Crippen LogP) is 3.59. The summed E-state index contributed by atoms with van der Waals surface area (Å²) < 4.78 is 45.1. The lowest BCUT2D eigenvalue weighted by Crippen LogP contribution is -2.03. The van der Waals surface area contributed by atoms with Gasteiger partial charge in [-0.15, -0.1) is 5.10 Å². The molecule has 0 saturated heterocycles. The number of benzene rings is 2. The first-order valence-electron chi connectivity index (χ1n) is 9.68. The normalized spacial score (nSPS) is 11.6. The highest BCUT2D eigenvalue weighted by Crippen LogP contribution is 2.32. The highest BCUT2D eigenvalue weighted by Gasteiger charge is 2.25. The molecule has 33 heavy (non-hydrogen) atoms. The van der Waals surface area contributed by atoms with E-state index in [1.54, 1.807) is 54.7 Å². The van der Waals surface area contributed by atoms with Gasteiger partial charge in [0.25, 0.3) is 5.89 Å². The van der Waals surface area contributed by atoms with Crippen LogP contribution in [0.5, 0.6) is 0 Å². The number of para-hydroxylation sites is 1. The number of hydrogen-bond acceptors (Lipinski definition) is 8. The number of sulfone groups is 1. The summed E-state index contributed by atoms with van der Waals surface area (Å²) in [5, 5.41) is 12.2. The highest BCUT2D eigenvalue weighted by molar-refractivity contribution is 7.90. The standard InChI is InChI=1S/C22H15FN6O3S/c1-33(30,31)15-8-6-7-14(13-15)21-25-22(32-27-21)19-20(17-10-4-5-12-24-17)29(28-26-19)18-11-3-2-9-16(18)23/h2-13H,1H3. The first kappa shape index (κ1) is 20.6. The Morgan fingerprint density at radius 2 is 1.82 bits per heavy atom. The fourth-order valence-corrected chi connectivity index (χ4v) is 3.92. The fraction of sp³-hybridized carbons (Fsp3) is 0.0455. The Labute approximate surface area is 187 Å². The molecule has 5 aromatic rings. The van der Waals surface area contributed by atoms with Crippen molar-refractivity contribution in [3.05, 3.63) is 78.7 Å². The van der Waals surface area contributed by atoms with Gasteiger partial charge in [0.15, 0.2) is 15.5 Å². The van der Waals surface area contributed by atoms with E-state index < -0.39 is 15.7 Å². The summed E-state index contributed by atoms with van der Waals surface area (Å²) in [7, 11) is -3.41. The average molecular weight is 462 g/mol. The summed E-state index contributed by atoms with van der Waals surface area (Å²) >= 11 is 0. The Morgan fingerprint density at radius 3 is 2.58 bits per heavy atom. The minimum atomic E-state index is -3.41. The van der Waals surface area contributed by atoms with Gasteiger partial charge in [0, 0.05) is 18.0 Å². The van der Waals surface area contributed by atoms with E-state index in [1.807, 2.05) is 0 Å². The van der Waals surface area contributed by atoms with Crippen molar-refractivity contribution >= 4 is 9.84 Å². The smallest absolute Gasteiger partial charge is 0.281 e. The van der Waals surface area contributed by atoms with Gasteiger partial charge in [-0.2, -0.15) is 4.98 Å². The van der Waals surface area contributed by atoms with Crippen molar-refractivity contribution in [2.75, 3.05) is 6.26 Å². The molecule has 11 heteroatoms. The Balaban J connectivity index is 1.65. The zero-order valence-electron chi connectivity index (χ0n) is 17.1. The summed E-state index contributed by atoms with van der Waals surface area (Å²) in [6.45, 7) is 0. The van der Waals surface area contributed by atoms with E-state index in [0.717, 1.165) is 6.26 Å². The van der Waals surface area contributed by atoms with E-state index in [9.17, 15) is 12.8 Å². The summed E-state index contributed by atoms with van der Waals surface area (Å²) in [4.78, 5) is 8.86. The number of hydrogen-bond donors (Lipinski definition) is 0. The SMILES string of the molecule is CS(=O)(=O)c1cccc(-c2noc(-c3nnn(-c4ccccc4F)c3-c3ccccn3)n2)c1. The lowest BCUT2D eigenvalue weighted by atomic mass is 10.2. The highest BCUT2D eigenvalue weighted by atomic mass is 32.2. The van der Waals surface area contributed by atoms with E-state index in [0.29, 0.717) is 17.0 Å². The van der Waals surface area contributed by atoms with Crippen LogP contribution in [0.2, 0.25) is 0 Å². The van der Waals surface area contributed by atoms with Crippen LogP contribution in [0.25, 0.3) is 40.0 Å². The topological polar surface area (TPSA) is 117 Å². The molecule has 0 bridgehead atoms. The Bertz CT molecular complexity index is 1560. The number of nitrogens with zero attached hydrogens (tertiary/aromatic N) is 6. The molecule has 0 unspecified atom stereocenters. The van der Waals surface area contributed by atoms with Crippen molar-refractivity contribution in [2.24, 2.45) is 0 Å². The third kappa shape index (κ3) is 3.89. The predicted molar refractivity (Wildman–Crippen MR) is 116 cm³/mol. The van der Waals surface area contributed by atoms with Crippen molar-refractivity contribution < 1.29 is 17.3 Å². The fourth-order valence-electron chi connectivity index (χ4n) is 3.25. The van der Waals surface area contributed by atoms with Gasteiger partial charge in [-0.05, 0) is 36.4 Å². The van der Waals surface area contributed by atoms with Crippen LogP contribution in [0.1, 0.15) is 0 Å². The summed E-state index contributed by atoms with van der Waals surface area (Å²) in [6, 6.07) is 17.6. The molecule has 0 spiro atoms. The molecule has 0 fully saturated rings. The molecular weight excluding hydrogens is 447 g/mol. The molecule has 0 saturated carbocycles. The number of rotatable bonds is 5. The zero-order valence-corrected chi connectivity index (χ0v) is 17.9. The summed E-state index contributed by atoms with van der Waals surface area (Å²) in [5.41, 5.74) is 1.67. The molecule has 0 radical (unpaired) electrons. The van der Waals surface area contributed by atoms with Crippen LogP contribution in [-0.2, 0) is 9.84 Å². The summed E-state index contributed by atoms with van der Waals surface area (Å²) in [5.74, 6) is -0.296. The first-order valence-corrected chi connectivity index (χ1v) is 11.6. The van der Waals surface area contributed by atoms with Crippen molar-refractivity contribution in [3.8, 4) is 40.0 Å². The maximum Gasteiger partial charge on any atom is 0.281 e. The van der Waals surface area contributed by atoms with Crippen LogP contribution in [0.3, 0.4) is 0 Å². The van der Waals surface area contributed by atoms with Gasteiger partial charge >= 0.3 is 0 Å². The third-order valence-corrected chi connectivity index (χ3v) is 5.92. The van der Waals surface area contributed by atoms with Gasteiger partial charge in [-0.25, -0.2) is 17.5 Å². The quantitative estimate of drug-likeness (QED) is 0.389. The van der Waals surface area contributed by atoms with E-state index in [2.05, 4.69) is 25.4 Å². The third-order valence-electron chi connectivity index (χ3n) is 4.81. The van der Waals surface area contributed by atoms with Gasteiger partial charge < -0.3 is 4.52 Å². The first-order chi connectivity index (χ1) is 15.9. The van der Waals surface area contributed by atoms with Gasteiger partial charge in [-0.1, -0.05) is 40.7 Å². The Morgan fingerprint density at radius 1 is 1.00 bits per heavy atom. The molecule has 3 aromatic heterocycles. The monoisotopic (exact) mass is 462 g/mol. The van der Waals surface area contributed by atoms with E-state index in [4.69, 9.17) is 4.52 Å². The second-order valence-electron chi connectivity index (χ2n) is 7.09. The molecule has 0 amide bonds. The molecule has 0 N–H and O–H groups in total. The van der Waals surface area contributed by atoms with Crippen molar-refractivity contribution in [3.63, 3.8) is 0 Å². The van der Waals surface area contributed by atoms with Crippen LogP contribution in [-0.4, -0.2) is 44.8 Å². The van der Waals surface area contributed by atoms with Gasteiger partial charge in [0.05, 0.1) is 10.6 Å². The van der Waals surface area contributed by atoms with Crippen LogP contribution < -0.4 is 0 Å². The largest absolute Gasteiger partial charge is 0.332 e. The van der Waals surface area contributed by atoms with Crippen LogP contribution in [0.15, 0.2) is 82.3 Å². The van der Waals surface area contributed by atoms with Crippen molar-refractivity contribution in [1.82, 2.24) is 30.1 Å². The minimum Gasteiger partial charge on any atom is -0.332 e. The van der Waals surface area contributed by atoms with E-state index in [-0.39, 0.29) is 28.0 Å². The molecule has 5 rings (SSSR count). The Kier molecular flexibility index (Phi) is 5.02. The average Bonchev–Trinajstić information content (AvgIpc) is 3.47. The van der Waals surface area contributed by atoms with Crippen molar-refractivity contribution in [2.45, 2.75) is 4.90 Å². The zero-order chi connectivity index (χ0) is 23.0. The van der Waals surface area contributed by atoms with Gasteiger partial charge in [0.1, 0.15) is 17.2 Å². The lowest BCUT2D eigenvalue weighted by molar-refractivity contribution is 0.431. The number of halogens is 1. The number of pyridine rings is 1. The molecule has 0 aliphatic carbocycles. The molecule has 9 nitrogen and oxygen atoms in total. The molecule has 0 atom stereocenters. The van der Waals surface area contributed by atoms with Crippen LogP contribution in [0, 0.1) is 5.82 Å². The summed E-state index contributed by atoms with van der Waals surface area (Å²) in [6.07, 6.45) is 2.71. The van der Waals surface area contributed by atoms with Gasteiger partial charge in [0.2, 0.25) is 5.82 Å². The molecule has 164 valence electrons. The molecule has 0 aliphatic rings.